The highest BCUT2D eigenvalue weighted by Gasteiger charge is 2.25. The van der Waals surface area contributed by atoms with Crippen molar-refractivity contribution in [3.63, 3.8) is 0 Å². The molecule has 1 aromatic carbocycles. The van der Waals surface area contributed by atoms with Gasteiger partial charge in [0, 0.05) is 11.1 Å². The van der Waals surface area contributed by atoms with E-state index in [1.54, 1.807) is 6.92 Å². The normalized spacial score (nSPS) is 14.0. The van der Waals surface area contributed by atoms with E-state index in [2.05, 4.69) is 4.72 Å². The van der Waals surface area contributed by atoms with Crippen molar-refractivity contribution >= 4 is 31.2 Å². The lowest BCUT2D eigenvalue weighted by molar-refractivity contribution is 0.563. The second-order valence-electron chi connectivity index (χ2n) is 4.58. The Labute approximate surface area is 128 Å². The van der Waals surface area contributed by atoms with Crippen LogP contribution in [-0.4, -0.2) is 23.1 Å². The van der Waals surface area contributed by atoms with Gasteiger partial charge in [0.05, 0.1) is 10.9 Å². The van der Waals surface area contributed by atoms with E-state index >= 15 is 0 Å². The molecule has 0 saturated carbocycles. The van der Waals surface area contributed by atoms with Gasteiger partial charge in [0.1, 0.15) is 4.90 Å². The van der Waals surface area contributed by atoms with E-state index in [1.165, 1.54) is 35.6 Å². The van der Waals surface area contributed by atoms with Crippen molar-refractivity contribution in [3.05, 3.63) is 46.7 Å². The average molecular weight is 345 g/mol. The molecule has 21 heavy (non-hydrogen) atoms. The Hall–Kier alpha value is -1.22. The number of hydrogen-bond donors (Lipinski definition) is 1. The minimum absolute atomic E-state index is 0.198. The third kappa shape index (κ3) is 3.70. The van der Waals surface area contributed by atoms with Crippen LogP contribution in [0.5, 0.6) is 0 Å². The van der Waals surface area contributed by atoms with Gasteiger partial charge in [-0.3, -0.25) is 0 Å². The van der Waals surface area contributed by atoms with Gasteiger partial charge >= 0.3 is 0 Å². The number of benzene rings is 1. The van der Waals surface area contributed by atoms with E-state index < -0.39 is 25.9 Å². The molecule has 0 saturated heterocycles. The summed E-state index contributed by atoms with van der Waals surface area (Å²) in [5.41, 5.74) is 0. The van der Waals surface area contributed by atoms with Crippen LogP contribution in [0.4, 0.5) is 0 Å². The van der Waals surface area contributed by atoms with Crippen molar-refractivity contribution in [2.24, 2.45) is 0 Å². The zero-order chi connectivity index (χ0) is 15.7. The summed E-state index contributed by atoms with van der Waals surface area (Å²) in [6.45, 7) is 1.71. The van der Waals surface area contributed by atoms with Gasteiger partial charge < -0.3 is 0 Å². The number of sulfonamides is 1. The van der Waals surface area contributed by atoms with Crippen molar-refractivity contribution in [3.8, 4) is 0 Å². The molecule has 0 amide bonds. The lowest BCUT2D eigenvalue weighted by atomic mass is 10.3. The Morgan fingerprint density at radius 3 is 2.14 bits per heavy atom. The summed E-state index contributed by atoms with van der Waals surface area (Å²) in [5.74, 6) is 0. The topological polar surface area (TPSA) is 80.3 Å². The molecular formula is C13H15NO4S3. The first kappa shape index (κ1) is 16.2. The highest BCUT2D eigenvalue weighted by molar-refractivity contribution is 7.93. The van der Waals surface area contributed by atoms with Crippen LogP contribution in [0.3, 0.4) is 0 Å². The Kier molecular flexibility index (Phi) is 4.52. The number of nitrogens with one attached hydrogen (secondary N) is 1. The van der Waals surface area contributed by atoms with Gasteiger partial charge in [0.25, 0.3) is 0 Å². The number of rotatable bonds is 5. The van der Waals surface area contributed by atoms with Gasteiger partial charge in [0.2, 0.25) is 10.0 Å². The maximum Gasteiger partial charge on any atom is 0.242 e. The molecular weight excluding hydrogens is 330 g/mol. The Bertz CT molecular complexity index is 824. The molecule has 0 bridgehead atoms. The van der Waals surface area contributed by atoms with Gasteiger partial charge in [-0.15, -0.1) is 11.3 Å². The molecule has 0 aliphatic carbocycles. The summed E-state index contributed by atoms with van der Waals surface area (Å²) in [4.78, 5) is 0.433. The molecule has 114 valence electrons. The predicted octanol–water partition coefficient (Wildman–Crippen LogP) is 2.19. The van der Waals surface area contributed by atoms with Gasteiger partial charge in [-0.1, -0.05) is 18.2 Å². The minimum Gasteiger partial charge on any atom is -0.224 e. The summed E-state index contributed by atoms with van der Waals surface area (Å²) in [7, 11) is -7.54. The van der Waals surface area contributed by atoms with Crippen LogP contribution in [0.15, 0.2) is 51.6 Å². The first-order valence-electron chi connectivity index (χ1n) is 6.06. The molecule has 0 aliphatic rings. The second kappa shape index (κ2) is 5.88. The van der Waals surface area contributed by atoms with E-state index in [4.69, 9.17) is 0 Å². The van der Waals surface area contributed by atoms with Gasteiger partial charge in [-0.05, 0) is 30.5 Å². The second-order valence-corrected chi connectivity index (χ2v) is 9.22. The van der Waals surface area contributed by atoms with E-state index in [9.17, 15) is 16.8 Å². The van der Waals surface area contributed by atoms with Crippen LogP contribution in [0, 0.1) is 0 Å². The summed E-state index contributed by atoms with van der Waals surface area (Å²) in [5, 5.41) is 1.85. The van der Waals surface area contributed by atoms with Crippen LogP contribution in [0.25, 0.3) is 0 Å². The minimum atomic E-state index is -3.92. The lowest BCUT2D eigenvalue weighted by Crippen LogP contribution is -2.27. The molecule has 8 heteroatoms. The summed E-state index contributed by atoms with van der Waals surface area (Å²) < 4.78 is 50.8. The average Bonchev–Trinajstić information content (AvgIpc) is 2.91. The molecule has 0 radical (unpaired) electrons. The molecule has 0 aliphatic heterocycles. The molecule has 1 N–H and O–H groups in total. The molecule has 5 nitrogen and oxygen atoms in total. The zero-order valence-electron chi connectivity index (χ0n) is 11.5. The largest absolute Gasteiger partial charge is 0.242 e. The third-order valence-electron chi connectivity index (χ3n) is 2.84. The molecule has 1 heterocycles. The molecule has 2 rings (SSSR count). The van der Waals surface area contributed by atoms with E-state index in [-0.39, 0.29) is 9.79 Å². The molecule has 0 fully saturated rings. The summed E-state index contributed by atoms with van der Waals surface area (Å²) >= 11 is 1.43. The van der Waals surface area contributed by atoms with Crippen molar-refractivity contribution in [2.75, 3.05) is 6.26 Å². The highest BCUT2D eigenvalue weighted by Crippen LogP contribution is 2.24. The van der Waals surface area contributed by atoms with Gasteiger partial charge in [-0.2, -0.15) is 0 Å². The first-order valence-corrected chi connectivity index (χ1v) is 10.3. The van der Waals surface area contributed by atoms with Crippen LogP contribution < -0.4 is 4.72 Å². The third-order valence-corrected chi connectivity index (χ3v) is 6.78. The fourth-order valence-corrected chi connectivity index (χ4v) is 5.53. The maximum absolute atomic E-state index is 12.4. The Balaban J connectivity index is 2.42. The molecule has 2 aromatic rings. The zero-order valence-corrected chi connectivity index (χ0v) is 13.9. The van der Waals surface area contributed by atoms with Crippen molar-refractivity contribution < 1.29 is 16.8 Å². The van der Waals surface area contributed by atoms with Crippen LogP contribution in [0.2, 0.25) is 0 Å². The van der Waals surface area contributed by atoms with Crippen molar-refractivity contribution in [1.82, 2.24) is 4.72 Å². The monoisotopic (exact) mass is 345 g/mol. The fourth-order valence-electron chi connectivity index (χ4n) is 1.87. The van der Waals surface area contributed by atoms with Gasteiger partial charge in [0.15, 0.2) is 9.84 Å². The number of thiophene rings is 1. The lowest BCUT2D eigenvalue weighted by Gasteiger charge is -2.14. The molecule has 0 unspecified atom stereocenters. The Morgan fingerprint density at radius 1 is 1.00 bits per heavy atom. The van der Waals surface area contributed by atoms with Gasteiger partial charge in [-0.25, -0.2) is 21.6 Å². The van der Waals surface area contributed by atoms with E-state index in [0.29, 0.717) is 0 Å². The van der Waals surface area contributed by atoms with E-state index in [1.807, 2.05) is 17.5 Å². The standard InChI is InChI=1S/C13H15NO4S3/c1-10(11-6-5-9-19-11)14-21(17,18)13-8-4-3-7-12(13)20(2,15)16/h3-10,14H,1-2H3/t10-/m1/s1. The van der Waals surface area contributed by atoms with Crippen LogP contribution in [-0.2, 0) is 19.9 Å². The van der Waals surface area contributed by atoms with E-state index in [0.717, 1.165) is 11.1 Å². The molecule has 1 atom stereocenters. The summed E-state index contributed by atoms with van der Waals surface area (Å²) in [6, 6.07) is 8.80. The summed E-state index contributed by atoms with van der Waals surface area (Å²) in [6.07, 6.45) is 0.990. The predicted molar refractivity (Wildman–Crippen MR) is 82.6 cm³/mol. The first-order chi connectivity index (χ1) is 9.72. The van der Waals surface area contributed by atoms with Crippen molar-refractivity contribution in [1.29, 1.82) is 0 Å². The molecule has 0 spiro atoms. The SMILES string of the molecule is C[C@@H](NS(=O)(=O)c1ccccc1S(C)(=O)=O)c1cccs1. The smallest absolute Gasteiger partial charge is 0.224 e. The quantitative estimate of drug-likeness (QED) is 0.901. The molecule has 1 aromatic heterocycles. The number of sulfone groups is 1. The Morgan fingerprint density at radius 2 is 1.62 bits per heavy atom. The number of hydrogen-bond acceptors (Lipinski definition) is 5. The van der Waals surface area contributed by atoms with Crippen LogP contribution in [0.1, 0.15) is 17.8 Å². The fraction of sp³-hybridized carbons (Fsp3) is 0.231. The van der Waals surface area contributed by atoms with Crippen molar-refractivity contribution in [2.45, 2.75) is 22.8 Å². The highest BCUT2D eigenvalue weighted by atomic mass is 32.2. The maximum atomic E-state index is 12.4. The van der Waals surface area contributed by atoms with Crippen LogP contribution >= 0.6 is 11.3 Å².